The van der Waals surface area contributed by atoms with Gasteiger partial charge in [0.1, 0.15) is 5.82 Å². The first-order valence-corrected chi connectivity index (χ1v) is 6.76. The van der Waals surface area contributed by atoms with Crippen LogP contribution in [0, 0.1) is 0 Å². The zero-order valence-electron chi connectivity index (χ0n) is 11.3. The van der Waals surface area contributed by atoms with E-state index in [1.807, 2.05) is 0 Å². The van der Waals surface area contributed by atoms with Crippen LogP contribution in [0.1, 0.15) is 29.2 Å². The van der Waals surface area contributed by atoms with E-state index in [2.05, 4.69) is 10.1 Å². The van der Waals surface area contributed by atoms with Gasteiger partial charge in [-0.2, -0.15) is 18.3 Å². The largest absolute Gasteiger partial charge is 0.416 e. The summed E-state index contributed by atoms with van der Waals surface area (Å²) in [5, 5.41) is 4.37. The van der Waals surface area contributed by atoms with Crippen molar-refractivity contribution in [3.05, 3.63) is 47.0 Å². The summed E-state index contributed by atoms with van der Waals surface area (Å²) in [5.41, 5.74) is 5.99. The lowest BCUT2D eigenvalue weighted by molar-refractivity contribution is -0.137. The number of hydrogen-bond acceptors (Lipinski definition) is 3. The number of hydrogen-bond donors (Lipinski definition) is 1. The summed E-state index contributed by atoms with van der Waals surface area (Å²) in [6.45, 7) is 0.648. The molecule has 0 spiro atoms. The number of benzene rings is 1. The van der Waals surface area contributed by atoms with E-state index in [9.17, 15) is 13.2 Å². The molecule has 21 heavy (non-hydrogen) atoms. The van der Waals surface area contributed by atoms with E-state index in [4.69, 9.17) is 5.73 Å². The van der Waals surface area contributed by atoms with Crippen molar-refractivity contribution in [2.75, 3.05) is 0 Å². The predicted molar refractivity (Wildman–Crippen MR) is 70.6 cm³/mol. The molecule has 1 unspecified atom stereocenters. The zero-order chi connectivity index (χ0) is 15.0. The molecule has 1 atom stereocenters. The molecule has 0 saturated heterocycles. The first kappa shape index (κ1) is 14.1. The topological polar surface area (TPSA) is 56.7 Å². The van der Waals surface area contributed by atoms with Crippen LogP contribution in [0.2, 0.25) is 0 Å². The highest BCUT2D eigenvalue weighted by Gasteiger charge is 2.30. The van der Waals surface area contributed by atoms with Crippen LogP contribution in [0.15, 0.2) is 24.3 Å². The number of aryl methyl sites for hydroxylation is 1. The lowest BCUT2D eigenvalue weighted by Gasteiger charge is -2.17. The van der Waals surface area contributed by atoms with Crippen molar-refractivity contribution in [3.8, 4) is 0 Å². The Hall–Kier alpha value is -1.89. The van der Waals surface area contributed by atoms with Gasteiger partial charge in [0.25, 0.3) is 0 Å². The van der Waals surface area contributed by atoms with Crippen LogP contribution in [0.5, 0.6) is 0 Å². The molecule has 2 N–H and O–H groups in total. The number of nitrogens with two attached hydrogens (primary N) is 1. The number of aromatic nitrogens is 3. The van der Waals surface area contributed by atoms with Crippen molar-refractivity contribution in [2.45, 2.75) is 38.0 Å². The maximum absolute atomic E-state index is 12.5. The van der Waals surface area contributed by atoms with Gasteiger partial charge in [-0.25, -0.2) is 9.67 Å². The third-order valence-electron chi connectivity index (χ3n) is 3.58. The van der Waals surface area contributed by atoms with Crippen LogP contribution in [-0.2, 0) is 25.6 Å². The molecular weight excluding hydrogens is 281 g/mol. The second-order valence-corrected chi connectivity index (χ2v) is 5.30. The van der Waals surface area contributed by atoms with Crippen LogP contribution in [-0.4, -0.2) is 20.8 Å². The number of alkyl halides is 3. The van der Waals surface area contributed by atoms with Gasteiger partial charge in [0.05, 0.1) is 12.1 Å². The lowest BCUT2D eigenvalue weighted by atomic mass is 10.1. The summed E-state index contributed by atoms with van der Waals surface area (Å²) >= 11 is 0. The minimum absolute atomic E-state index is 0.0955. The minimum Gasteiger partial charge on any atom is -0.326 e. The van der Waals surface area contributed by atoms with Gasteiger partial charge in [-0.3, -0.25) is 0 Å². The van der Waals surface area contributed by atoms with Crippen LogP contribution in [0.3, 0.4) is 0 Å². The predicted octanol–water partition coefficient (Wildman–Crippen LogP) is 2.16. The second kappa shape index (κ2) is 5.14. The quantitative estimate of drug-likeness (QED) is 0.924. The van der Waals surface area contributed by atoms with E-state index in [-0.39, 0.29) is 6.04 Å². The molecule has 0 amide bonds. The van der Waals surface area contributed by atoms with Crippen molar-refractivity contribution in [2.24, 2.45) is 5.73 Å². The summed E-state index contributed by atoms with van der Waals surface area (Å²) in [4.78, 5) is 4.43. The van der Waals surface area contributed by atoms with Crippen LogP contribution in [0.25, 0.3) is 0 Å². The Bertz CT molecular complexity index is 631. The molecule has 1 aromatic heterocycles. The number of nitrogens with zero attached hydrogens (tertiary/aromatic N) is 3. The van der Waals surface area contributed by atoms with Crippen LogP contribution in [0.4, 0.5) is 13.2 Å². The summed E-state index contributed by atoms with van der Waals surface area (Å²) in [5.74, 6) is 1.53. The SMILES string of the molecule is NC1CCc2nc(Cc3ccc(C(F)(F)F)cc3)nn2C1. The first-order chi connectivity index (χ1) is 9.91. The molecule has 0 bridgehead atoms. The Morgan fingerprint density at radius 1 is 1.24 bits per heavy atom. The highest BCUT2D eigenvalue weighted by molar-refractivity contribution is 5.26. The van der Waals surface area contributed by atoms with Gasteiger partial charge >= 0.3 is 6.18 Å². The van der Waals surface area contributed by atoms with Gasteiger partial charge in [0.15, 0.2) is 5.82 Å². The van der Waals surface area contributed by atoms with Crippen molar-refractivity contribution >= 4 is 0 Å². The second-order valence-electron chi connectivity index (χ2n) is 5.30. The van der Waals surface area contributed by atoms with Gasteiger partial charge < -0.3 is 5.73 Å². The average Bonchev–Trinajstić information content (AvgIpc) is 2.79. The third kappa shape index (κ3) is 3.07. The maximum atomic E-state index is 12.5. The Morgan fingerprint density at radius 2 is 1.95 bits per heavy atom. The molecule has 3 rings (SSSR count). The fourth-order valence-corrected chi connectivity index (χ4v) is 2.45. The highest BCUT2D eigenvalue weighted by Crippen LogP contribution is 2.29. The lowest BCUT2D eigenvalue weighted by Crippen LogP contribution is -2.32. The van der Waals surface area contributed by atoms with E-state index < -0.39 is 11.7 Å². The maximum Gasteiger partial charge on any atom is 0.416 e. The molecule has 1 aliphatic heterocycles. The van der Waals surface area contributed by atoms with Gasteiger partial charge in [-0.05, 0) is 24.1 Å². The molecule has 0 fully saturated rings. The Labute approximate surface area is 119 Å². The van der Waals surface area contributed by atoms with Gasteiger partial charge in [-0.1, -0.05) is 12.1 Å². The molecule has 0 saturated carbocycles. The smallest absolute Gasteiger partial charge is 0.326 e. The fraction of sp³-hybridized carbons (Fsp3) is 0.429. The molecule has 1 aromatic carbocycles. The molecule has 112 valence electrons. The van der Waals surface area contributed by atoms with Gasteiger partial charge in [0, 0.05) is 18.9 Å². The minimum atomic E-state index is -4.31. The molecule has 7 heteroatoms. The fourth-order valence-electron chi connectivity index (χ4n) is 2.45. The Morgan fingerprint density at radius 3 is 2.62 bits per heavy atom. The van der Waals surface area contributed by atoms with E-state index in [0.29, 0.717) is 18.8 Å². The molecular formula is C14H15F3N4. The summed E-state index contributed by atoms with van der Waals surface area (Å²) in [6, 6.07) is 5.20. The van der Waals surface area contributed by atoms with E-state index in [1.54, 1.807) is 4.68 Å². The molecule has 0 radical (unpaired) electrons. The Kier molecular flexibility index (Phi) is 3.44. The van der Waals surface area contributed by atoms with E-state index in [0.717, 1.165) is 36.4 Å². The molecule has 4 nitrogen and oxygen atoms in total. The summed E-state index contributed by atoms with van der Waals surface area (Å²) in [6.07, 6.45) is -2.20. The van der Waals surface area contributed by atoms with E-state index in [1.165, 1.54) is 12.1 Å². The summed E-state index contributed by atoms with van der Waals surface area (Å²) in [7, 11) is 0. The van der Waals surface area contributed by atoms with Crippen molar-refractivity contribution in [1.29, 1.82) is 0 Å². The monoisotopic (exact) mass is 296 g/mol. The molecule has 0 aliphatic carbocycles. The number of halogens is 3. The van der Waals surface area contributed by atoms with E-state index >= 15 is 0 Å². The molecule has 2 heterocycles. The highest BCUT2D eigenvalue weighted by atomic mass is 19.4. The number of fused-ring (bicyclic) bond motifs is 1. The summed E-state index contributed by atoms with van der Waals surface area (Å²) < 4.78 is 39.3. The third-order valence-corrected chi connectivity index (χ3v) is 3.58. The van der Waals surface area contributed by atoms with Crippen molar-refractivity contribution in [1.82, 2.24) is 14.8 Å². The van der Waals surface area contributed by atoms with Crippen LogP contribution < -0.4 is 5.73 Å². The number of rotatable bonds is 2. The first-order valence-electron chi connectivity index (χ1n) is 6.76. The van der Waals surface area contributed by atoms with Gasteiger partial charge in [-0.15, -0.1) is 0 Å². The van der Waals surface area contributed by atoms with Crippen molar-refractivity contribution in [3.63, 3.8) is 0 Å². The average molecular weight is 296 g/mol. The normalized spacial score (nSPS) is 18.6. The Balaban J connectivity index is 1.75. The molecule has 2 aromatic rings. The van der Waals surface area contributed by atoms with Crippen molar-refractivity contribution < 1.29 is 13.2 Å². The molecule has 1 aliphatic rings. The van der Waals surface area contributed by atoms with Crippen LogP contribution >= 0.6 is 0 Å². The zero-order valence-corrected chi connectivity index (χ0v) is 11.3. The van der Waals surface area contributed by atoms with Gasteiger partial charge in [0.2, 0.25) is 0 Å². The standard InChI is InChI=1S/C14H15F3N4/c15-14(16,17)10-3-1-9(2-4-10)7-12-19-13-6-5-11(18)8-21(13)20-12/h1-4,11H,5-8,18H2.